The molecule has 1 atom stereocenters. The molecule has 2 aliphatic heterocycles. The maximum atomic E-state index is 13.0. The molecule has 4 heterocycles. The molecule has 0 radical (unpaired) electrons. The Hall–Kier alpha value is -3.88. The highest BCUT2D eigenvalue weighted by atomic mass is 16.7. The van der Waals surface area contributed by atoms with Crippen LogP contribution in [0, 0.1) is 0 Å². The summed E-state index contributed by atoms with van der Waals surface area (Å²) in [6.45, 7) is 0.956. The van der Waals surface area contributed by atoms with Gasteiger partial charge >= 0.3 is 0 Å². The lowest BCUT2D eigenvalue weighted by Crippen LogP contribution is -2.40. The van der Waals surface area contributed by atoms with Gasteiger partial charge in [0.2, 0.25) is 12.7 Å². The highest BCUT2D eigenvalue weighted by molar-refractivity contribution is 6.04. The zero-order valence-corrected chi connectivity index (χ0v) is 17.4. The number of pyridine rings is 1. The molecule has 32 heavy (non-hydrogen) atoms. The fraction of sp³-hybridized carbons (Fsp3) is 0.304. The number of carbonyl (C=O) groups excluding carboxylic acids is 2. The van der Waals surface area contributed by atoms with Gasteiger partial charge in [-0.2, -0.15) is 5.10 Å². The molecule has 9 heteroatoms. The van der Waals surface area contributed by atoms with Crippen LogP contribution in [0.2, 0.25) is 0 Å². The molecule has 0 unspecified atom stereocenters. The number of hydrogen-bond acceptors (Lipinski definition) is 6. The molecule has 2 amide bonds. The van der Waals surface area contributed by atoms with E-state index in [1.165, 1.54) is 6.20 Å². The third-order valence-electron chi connectivity index (χ3n) is 5.68. The number of ether oxygens (including phenoxy) is 2. The highest BCUT2D eigenvalue weighted by Gasteiger charge is 2.29. The summed E-state index contributed by atoms with van der Waals surface area (Å²) in [6.07, 6.45) is 7.90. The van der Waals surface area contributed by atoms with Gasteiger partial charge in [-0.05, 0) is 49.6 Å². The van der Waals surface area contributed by atoms with Crippen LogP contribution < -0.4 is 14.8 Å². The van der Waals surface area contributed by atoms with E-state index in [4.69, 9.17) is 9.47 Å². The third-order valence-corrected chi connectivity index (χ3v) is 5.68. The van der Waals surface area contributed by atoms with E-state index in [0.717, 1.165) is 25.0 Å². The number of hydrogen-bond donors (Lipinski definition) is 1. The van der Waals surface area contributed by atoms with Crippen molar-refractivity contribution in [2.45, 2.75) is 31.8 Å². The van der Waals surface area contributed by atoms with Crippen molar-refractivity contribution in [1.82, 2.24) is 19.7 Å². The standard InChI is InChI=1S/C23H23N5O4/c29-22(28-10-4-2-6-19(28)18-5-1-3-9-24-18)14-27-13-17(12-25-27)26-23(30)16-7-8-20-21(11-16)32-15-31-20/h1,3,5,7-9,11-13,19H,2,4,6,10,14-15H2,(H,26,30)/t19-/m1/s1. The van der Waals surface area contributed by atoms with Gasteiger partial charge in [0.15, 0.2) is 11.5 Å². The summed E-state index contributed by atoms with van der Waals surface area (Å²) in [6, 6.07) is 10.8. The van der Waals surface area contributed by atoms with Gasteiger partial charge in [-0.1, -0.05) is 6.07 Å². The first kappa shape index (κ1) is 20.0. The van der Waals surface area contributed by atoms with E-state index >= 15 is 0 Å². The van der Waals surface area contributed by atoms with Gasteiger partial charge < -0.3 is 19.7 Å². The summed E-state index contributed by atoms with van der Waals surface area (Å²) in [7, 11) is 0. The minimum atomic E-state index is -0.291. The average Bonchev–Trinajstić information content (AvgIpc) is 3.48. The molecule has 5 rings (SSSR count). The van der Waals surface area contributed by atoms with Crippen LogP contribution in [0.3, 0.4) is 0 Å². The van der Waals surface area contributed by atoms with Crippen LogP contribution in [-0.2, 0) is 11.3 Å². The van der Waals surface area contributed by atoms with Crippen LogP contribution in [0.4, 0.5) is 5.69 Å². The van der Waals surface area contributed by atoms with Crippen molar-refractivity contribution < 1.29 is 19.1 Å². The van der Waals surface area contributed by atoms with Gasteiger partial charge in [0.05, 0.1) is 23.6 Å². The first-order valence-corrected chi connectivity index (χ1v) is 10.6. The van der Waals surface area contributed by atoms with Crippen molar-refractivity contribution in [3.8, 4) is 11.5 Å². The number of benzene rings is 1. The second-order valence-corrected chi connectivity index (χ2v) is 7.80. The van der Waals surface area contributed by atoms with Crippen LogP contribution in [0.25, 0.3) is 0 Å². The predicted octanol–water partition coefficient (Wildman–Crippen LogP) is 3.01. The molecular weight excluding hydrogens is 410 g/mol. The zero-order chi connectivity index (χ0) is 21.9. The number of aromatic nitrogens is 3. The lowest BCUT2D eigenvalue weighted by atomic mass is 9.98. The molecule has 164 valence electrons. The maximum absolute atomic E-state index is 13.0. The molecule has 3 aromatic rings. The Kier molecular flexibility index (Phi) is 5.45. The fourth-order valence-corrected chi connectivity index (χ4v) is 4.10. The van der Waals surface area contributed by atoms with Crippen LogP contribution >= 0.6 is 0 Å². The van der Waals surface area contributed by atoms with E-state index in [-0.39, 0.29) is 31.2 Å². The number of nitrogens with one attached hydrogen (secondary N) is 1. The number of fused-ring (bicyclic) bond motifs is 1. The smallest absolute Gasteiger partial charge is 0.255 e. The van der Waals surface area contributed by atoms with Crippen LogP contribution in [0.15, 0.2) is 55.0 Å². The van der Waals surface area contributed by atoms with E-state index in [2.05, 4.69) is 15.4 Å². The van der Waals surface area contributed by atoms with Crippen molar-refractivity contribution in [1.29, 1.82) is 0 Å². The summed E-state index contributed by atoms with van der Waals surface area (Å²) < 4.78 is 12.1. The SMILES string of the molecule is O=C(Nc1cnn(CC(=O)N2CCCC[C@@H]2c2ccccn2)c1)c1ccc2c(c1)OCO2. The molecule has 1 aromatic carbocycles. The molecule has 0 bridgehead atoms. The summed E-state index contributed by atoms with van der Waals surface area (Å²) >= 11 is 0. The van der Waals surface area contributed by atoms with Crippen molar-refractivity contribution >= 4 is 17.5 Å². The Labute approximate surface area is 185 Å². The highest BCUT2D eigenvalue weighted by Crippen LogP contribution is 2.33. The van der Waals surface area contributed by atoms with Gasteiger partial charge in [-0.15, -0.1) is 0 Å². The third kappa shape index (κ3) is 4.14. The Morgan fingerprint density at radius 3 is 2.91 bits per heavy atom. The van der Waals surface area contributed by atoms with E-state index < -0.39 is 0 Å². The largest absolute Gasteiger partial charge is 0.454 e. The zero-order valence-electron chi connectivity index (χ0n) is 17.4. The molecule has 2 aromatic heterocycles. The lowest BCUT2D eigenvalue weighted by molar-refractivity contribution is -0.136. The molecule has 0 saturated carbocycles. The molecule has 1 fully saturated rings. The number of likely N-dealkylation sites (tertiary alicyclic amines) is 1. The molecular formula is C23H23N5O4. The van der Waals surface area contributed by atoms with E-state index in [1.807, 2.05) is 23.1 Å². The normalized spacial score (nSPS) is 17.2. The second kappa shape index (κ2) is 8.70. The monoisotopic (exact) mass is 433 g/mol. The Morgan fingerprint density at radius 2 is 2.03 bits per heavy atom. The first-order chi connectivity index (χ1) is 15.7. The topological polar surface area (TPSA) is 98.6 Å². The fourth-order valence-electron chi connectivity index (χ4n) is 4.10. The first-order valence-electron chi connectivity index (χ1n) is 10.6. The number of carbonyl (C=O) groups is 2. The molecule has 0 spiro atoms. The van der Waals surface area contributed by atoms with Crippen LogP contribution in [-0.4, -0.2) is 44.8 Å². The number of anilines is 1. The summed E-state index contributed by atoms with van der Waals surface area (Å²) in [5.74, 6) is 0.857. The lowest BCUT2D eigenvalue weighted by Gasteiger charge is -2.35. The molecule has 1 saturated heterocycles. The van der Waals surface area contributed by atoms with Crippen LogP contribution in [0.1, 0.15) is 41.4 Å². The number of nitrogens with zero attached hydrogens (tertiary/aromatic N) is 4. The van der Waals surface area contributed by atoms with E-state index in [0.29, 0.717) is 29.3 Å². The molecule has 2 aliphatic rings. The Bertz CT molecular complexity index is 1130. The quantitative estimate of drug-likeness (QED) is 0.664. The van der Waals surface area contributed by atoms with Gasteiger partial charge in [-0.25, -0.2) is 0 Å². The van der Waals surface area contributed by atoms with Gasteiger partial charge in [0.25, 0.3) is 5.91 Å². The Morgan fingerprint density at radius 1 is 1.12 bits per heavy atom. The number of amides is 2. The predicted molar refractivity (Wildman–Crippen MR) is 115 cm³/mol. The molecule has 9 nitrogen and oxygen atoms in total. The minimum absolute atomic E-state index is 0.0156. The van der Waals surface area contributed by atoms with Crippen molar-refractivity contribution in [3.63, 3.8) is 0 Å². The number of rotatable bonds is 5. The van der Waals surface area contributed by atoms with Crippen molar-refractivity contribution in [2.24, 2.45) is 0 Å². The Balaban J connectivity index is 1.23. The van der Waals surface area contributed by atoms with Crippen LogP contribution in [0.5, 0.6) is 11.5 Å². The number of piperidine rings is 1. The van der Waals surface area contributed by atoms with Gasteiger partial charge in [0.1, 0.15) is 6.54 Å². The maximum Gasteiger partial charge on any atom is 0.255 e. The van der Waals surface area contributed by atoms with E-state index in [1.54, 1.807) is 35.3 Å². The summed E-state index contributed by atoms with van der Waals surface area (Å²) in [4.78, 5) is 31.9. The summed E-state index contributed by atoms with van der Waals surface area (Å²) in [5.41, 5.74) is 1.88. The second-order valence-electron chi connectivity index (χ2n) is 7.80. The van der Waals surface area contributed by atoms with Gasteiger partial charge in [-0.3, -0.25) is 19.3 Å². The van der Waals surface area contributed by atoms with E-state index in [9.17, 15) is 9.59 Å². The molecule has 0 aliphatic carbocycles. The van der Waals surface area contributed by atoms with Crippen molar-refractivity contribution in [2.75, 3.05) is 18.7 Å². The minimum Gasteiger partial charge on any atom is -0.454 e. The van der Waals surface area contributed by atoms with Crippen molar-refractivity contribution in [3.05, 3.63) is 66.2 Å². The summed E-state index contributed by atoms with van der Waals surface area (Å²) in [5, 5.41) is 7.05. The van der Waals surface area contributed by atoms with Gasteiger partial charge in [0, 0.05) is 24.5 Å². The molecule has 1 N–H and O–H groups in total. The average molecular weight is 433 g/mol.